The number of hydrogen-bond acceptors (Lipinski definition) is 2. The molecule has 1 aromatic heterocycles. The van der Waals surface area contributed by atoms with Crippen LogP contribution in [0.3, 0.4) is 0 Å². The van der Waals surface area contributed by atoms with Gasteiger partial charge in [-0.15, -0.1) is 0 Å². The van der Waals surface area contributed by atoms with Crippen LogP contribution in [0, 0.1) is 5.92 Å². The SMILES string of the molecule is CC(NC(=O)N1CCC(Cc2ccccc2)C1)c1ccccn1. The molecule has 2 unspecified atom stereocenters. The lowest BCUT2D eigenvalue weighted by Gasteiger charge is -2.21. The minimum atomic E-state index is -0.0723. The zero-order chi connectivity index (χ0) is 16.1. The number of pyridine rings is 1. The van der Waals surface area contributed by atoms with E-state index in [1.54, 1.807) is 6.20 Å². The Morgan fingerprint density at radius 2 is 2.04 bits per heavy atom. The van der Waals surface area contributed by atoms with Gasteiger partial charge >= 0.3 is 6.03 Å². The number of nitrogens with one attached hydrogen (secondary N) is 1. The Morgan fingerprint density at radius 3 is 2.78 bits per heavy atom. The van der Waals surface area contributed by atoms with Crippen molar-refractivity contribution in [3.63, 3.8) is 0 Å². The molecule has 2 amide bonds. The zero-order valence-electron chi connectivity index (χ0n) is 13.5. The molecule has 120 valence electrons. The predicted octanol–water partition coefficient (Wildman–Crippen LogP) is 3.42. The van der Waals surface area contributed by atoms with E-state index in [4.69, 9.17) is 0 Å². The van der Waals surface area contributed by atoms with Crippen LogP contribution >= 0.6 is 0 Å². The quantitative estimate of drug-likeness (QED) is 0.940. The first-order valence-electron chi connectivity index (χ1n) is 8.22. The fourth-order valence-electron chi connectivity index (χ4n) is 3.11. The predicted molar refractivity (Wildman–Crippen MR) is 91.0 cm³/mol. The van der Waals surface area contributed by atoms with Crippen LogP contribution in [-0.2, 0) is 6.42 Å². The van der Waals surface area contributed by atoms with Crippen LogP contribution in [0.15, 0.2) is 54.7 Å². The van der Waals surface area contributed by atoms with Crippen molar-refractivity contribution in [3.8, 4) is 0 Å². The highest BCUT2D eigenvalue weighted by Gasteiger charge is 2.27. The lowest BCUT2D eigenvalue weighted by molar-refractivity contribution is 0.203. The molecular formula is C19H23N3O. The van der Waals surface area contributed by atoms with Crippen molar-refractivity contribution in [1.82, 2.24) is 15.2 Å². The second-order valence-corrected chi connectivity index (χ2v) is 6.22. The number of carbonyl (C=O) groups is 1. The van der Waals surface area contributed by atoms with Gasteiger partial charge in [-0.3, -0.25) is 4.98 Å². The van der Waals surface area contributed by atoms with Gasteiger partial charge in [0.05, 0.1) is 11.7 Å². The summed E-state index contributed by atoms with van der Waals surface area (Å²) in [4.78, 5) is 18.6. The molecule has 2 atom stereocenters. The molecule has 1 aliphatic rings. The fourth-order valence-corrected chi connectivity index (χ4v) is 3.11. The summed E-state index contributed by atoms with van der Waals surface area (Å²) >= 11 is 0. The van der Waals surface area contributed by atoms with Gasteiger partial charge in [-0.2, -0.15) is 0 Å². The molecule has 1 N–H and O–H groups in total. The molecule has 1 aliphatic heterocycles. The van der Waals surface area contributed by atoms with E-state index in [0.717, 1.165) is 31.6 Å². The third-order valence-electron chi connectivity index (χ3n) is 4.41. The van der Waals surface area contributed by atoms with Crippen LogP contribution in [0.4, 0.5) is 4.79 Å². The summed E-state index contributed by atoms with van der Waals surface area (Å²) in [6.45, 7) is 3.63. The molecule has 2 aromatic rings. The lowest BCUT2D eigenvalue weighted by Crippen LogP contribution is -2.40. The van der Waals surface area contributed by atoms with Crippen molar-refractivity contribution < 1.29 is 4.79 Å². The van der Waals surface area contributed by atoms with E-state index in [1.807, 2.05) is 36.1 Å². The monoisotopic (exact) mass is 309 g/mol. The van der Waals surface area contributed by atoms with Gasteiger partial charge in [0.2, 0.25) is 0 Å². The van der Waals surface area contributed by atoms with E-state index in [9.17, 15) is 4.79 Å². The van der Waals surface area contributed by atoms with Gasteiger partial charge in [0, 0.05) is 19.3 Å². The van der Waals surface area contributed by atoms with E-state index >= 15 is 0 Å². The average molecular weight is 309 g/mol. The Labute approximate surface area is 137 Å². The van der Waals surface area contributed by atoms with E-state index < -0.39 is 0 Å². The molecular weight excluding hydrogens is 286 g/mol. The fraction of sp³-hybridized carbons (Fsp3) is 0.368. The first-order chi connectivity index (χ1) is 11.2. The topological polar surface area (TPSA) is 45.2 Å². The number of aromatic nitrogens is 1. The van der Waals surface area contributed by atoms with Crippen LogP contribution in [0.1, 0.15) is 30.6 Å². The summed E-state index contributed by atoms with van der Waals surface area (Å²) in [5, 5.41) is 3.05. The van der Waals surface area contributed by atoms with E-state index in [-0.39, 0.29) is 12.1 Å². The first kappa shape index (κ1) is 15.5. The Balaban J connectivity index is 1.51. The summed E-state index contributed by atoms with van der Waals surface area (Å²) < 4.78 is 0. The van der Waals surface area contributed by atoms with Gasteiger partial charge in [0.25, 0.3) is 0 Å². The molecule has 1 fully saturated rings. The third kappa shape index (κ3) is 4.09. The highest BCUT2D eigenvalue weighted by Crippen LogP contribution is 2.21. The number of benzene rings is 1. The van der Waals surface area contributed by atoms with Gasteiger partial charge in [0.1, 0.15) is 0 Å². The zero-order valence-corrected chi connectivity index (χ0v) is 13.5. The number of carbonyl (C=O) groups excluding carboxylic acids is 1. The Bertz CT molecular complexity index is 630. The van der Waals surface area contributed by atoms with Gasteiger partial charge in [-0.1, -0.05) is 36.4 Å². The molecule has 1 aromatic carbocycles. The number of amides is 2. The van der Waals surface area contributed by atoms with Gasteiger partial charge < -0.3 is 10.2 Å². The van der Waals surface area contributed by atoms with Crippen LogP contribution in [0.2, 0.25) is 0 Å². The molecule has 0 aliphatic carbocycles. The largest absolute Gasteiger partial charge is 0.330 e. The van der Waals surface area contributed by atoms with Crippen LogP contribution in [0.25, 0.3) is 0 Å². The van der Waals surface area contributed by atoms with Crippen molar-refractivity contribution in [2.75, 3.05) is 13.1 Å². The van der Waals surface area contributed by atoms with Gasteiger partial charge in [-0.25, -0.2) is 4.79 Å². The van der Waals surface area contributed by atoms with E-state index in [0.29, 0.717) is 5.92 Å². The third-order valence-corrected chi connectivity index (χ3v) is 4.41. The molecule has 0 saturated carbocycles. The molecule has 0 bridgehead atoms. The van der Waals surface area contributed by atoms with Crippen LogP contribution in [-0.4, -0.2) is 29.0 Å². The number of rotatable bonds is 4. The minimum absolute atomic E-state index is 0.0127. The summed E-state index contributed by atoms with van der Waals surface area (Å²) in [5.74, 6) is 0.549. The minimum Gasteiger partial charge on any atom is -0.330 e. The first-order valence-corrected chi connectivity index (χ1v) is 8.22. The smallest absolute Gasteiger partial charge is 0.317 e. The van der Waals surface area contributed by atoms with Crippen molar-refractivity contribution in [2.45, 2.75) is 25.8 Å². The maximum absolute atomic E-state index is 12.4. The molecule has 23 heavy (non-hydrogen) atoms. The molecule has 3 rings (SSSR count). The van der Waals surface area contributed by atoms with Crippen molar-refractivity contribution >= 4 is 6.03 Å². The maximum atomic E-state index is 12.4. The van der Waals surface area contributed by atoms with Crippen molar-refractivity contribution in [2.24, 2.45) is 5.92 Å². The normalized spacial score (nSPS) is 18.7. The molecule has 0 radical (unpaired) electrons. The highest BCUT2D eigenvalue weighted by molar-refractivity contribution is 5.74. The average Bonchev–Trinajstić information content (AvgIpc) is 3.05. The van der Waals surface area contributed by atoms with Crippen LogP contribution < -0.4 is 5.32 Å². The van der Waals surface area contributed by atoms with E-state index in [1.165, 1.54) is 5.56 Å². The van der Waals surface area contributed by atoms with Crippen molar-refractivity contribution in [3.05, 3.63) is 66.0 Å². The summed E-state index contributed by atoms with van der Waals surface area (Å²) in [5.41, 5.74) is 2.24. The van der Waals surface area contributed by atoms with Crippen molar-refractivity contribution in [1.29, 1.82) is 0 Å². The summed E-state index contributed by atoms with van der Waals surface area (Å²) in [6.07, 6.45) is 3.87. The van der Waals surface area contributed by atoms with Crippen LogP contribution in [0.5, 0.6) is 0 Å². The van der Waals surface area contributed by atoms with E-state index in [2.05, 4.69) is 34.6 Å². The lowest BCUT2D eigenvalue weighted by atomic mass is 9.99. The molecule has 0 spiro atoms. The second-order valence-electron chi connectivity index (χ2n) is 6.22. The van der Waals surface area contributed by atoms with Gasteiger partial charge in [-0.05, 0) is 43.4 Å². The second kappa shape index (κ2) is 7.27. The maximum Gasteiger partial charge on any atom is 0.317 e. The number of hydrogen-bond donors (Lipinski definition) is 1. The summed E-state index contributed by atoms with van der Waals surface area (Å²) in [6, 6.07) is 16.2. The Hall–Kier alpha value is -2.36. The van der Waals surface area contributed by atoms with Gasteiger partial charge in [0.15, 0.2) is 0 Å². The molecule has 1 saturated heterocycles. The molecule has 2 heterocycles. The Morgan fingerprint density at radius 1 is 1.26 bits per heavy atom. The number of urea groups is 1. The summed E-state index contributed by atoms with van der Waals surface area (Å²) in [7, 11) is 0. The standard InChI is InChI=1S/C19H23N3O/c1-15(18-9-5-6-11-20-18)21-19(23)22-12-10-17(14-22)13-16-7-3-2-4-8-16/h2-9,11,15,17H,10,12-14H2,1H3,(H,21,23). The molecule has 4 nitrogen and oxygen atoms in total. The Kier molecular flexibility index (Phi) is 4.91. The highest BCUT2D eigenvalue weighted by atomic mass is 16.2. The molecule has 4 heteroatoms. The number of likely N-dealkylation sites (tertiary alicyclic amines) is 1. The number of nitrogens with zero attached hydrogens (tertiary/aromatic N) is 2.